The van der Waals surface area contributed by atoms with Gasteiger partial charge in [0, 0.05) is 27.4 Å². The van der Waals surface area contributed by atoms with E-state index in [9.17, 15) is 9.59 Å². The molecule has 0 saturated carbocycles. The van der Waals surface area contributed by atoms with E-state index in [0.29, 0.717) is 17.9 Å². The maximum Gasteiger partial charge on any atom is 0.248 e. The van der Waals surface area contributed by atoms with E-state index in [0.717, 1.165) is 15.8 Å². The van der Waals surface area contributed by atoms with E-state index in [1.54, 1.807) is 30.3 Å². The summed E-state index contributed by atoms with van der Waals surface area (Å²) >= 11 is 3.41. The van der Waals surface area contributed by atoms with Crippen LogP contribution in [0.25, 0.3) is 6.08 Å². The van der Waals surface area contributed by atoms with Crippen molar-refractivity contribution in [2.75, 3.05) is 11.9 Å². The fourth-order valence-electron chi connectivity index (χ4n) is 2.07. The summed E-state index contributed by atoms with van der Waals surface area (Å²) in [5, 5.41) is 2.75. The van der Waals surface area contributed by atoms with Gasteiger partial charge in [0.05, 0.1) is 6.61 Å². The van der Waals surface area contributed by atoms with Gasteiger partial charge >= 0.3 is 0 Å². The minimum atomic E-state index is -0.256. The zero-order valence-corrected chi connectivity index (χ0v) is 15.1. The van der Waals surface area contributed by atoms with Crippen LogP contribution in [-0.4, -0.2) is 18.3 Å². The zero-order valence-electron chi connectivity index (χ0n) is 13.5. The second kappa shape index (κ2) is 8.45. The average molecular weight is 388 g/mol. The Balaban J connectivity index is 2.07. The van der Waals surface area contributed by atoms with Crippen LogP contribution in [-0.2, 0) is 4.79 Å². The molecule has 124 valence electrons. The van der Waals surface area contributed by atoms with Crippen LogP contribution in [0.2, 0.25) is 0 Å². The van der Waals surface area contributed by atoms with Crippen LogP contribution >= 0.6 is 15.9 Å². The molecule has 0 spiro atoms. The quantitative estimate of drug-likeness (QED) is 0.577. The van der Waals surface area contributed by atoms with Gasteiger partial charge in [-0.25, -0.2) is 0 Å². The van der Waals surface area contributed by atoms with Gasteiger partial charge in [0.15, 0.2) is 5.78 Å². The van der Waals surface area contributed by atoms with Crippen LogP contribution in [0.4, 0.5) is 5.69 Å². The highest BCUT2D eigenvalue weighted by Gasteiger charge is 2.04. The second-order valence-electron chi connectivity index (χ2n) is 5.07. The lowest BCUT2D eigenvalue weighted by Crippen LogP contribution is -2.08. The van der Waals surface area contributed by atoms with E-state index in [1.807, 2.05) is 25.1 Å². The predicted octanol–water partition coefficient (Wildman–Crippen LogP) is 4.70. The molecule has 0 heterocycles. The molecule has 5 heteroatoms. The summed E-state index contributed by atoms with van der Waals surface area (Å²) in [4.78, 5) is 23.3. The van der Waals surface area contributed by atoms with Crippen molar-refractivity contribution in [3.05, 3.63) is 64.1 Å². The maximum atomic E-state index is 12.0. The monoisotopic (exact) mass is 387 g/mol. The highest BCUT2D eigenvalue weighted by molar-refractivity contribution is 9.10. The molecule has 0 aliphatic carbocycles. The molecule has 0 radical (unpaired) electrons. The highest BCUT2D eigenvalue weighted by Crippen LogP contribution is 2.24. The number of halogens is 1. The summed E-state index contributed by atoms with van der Waals surface area (Å²) in [7, 11) is 0. The van der Waals surface area contributed by atoms with Gasteiger partial charge in [0.2, 0.25) is 5.91 Å². The van der Waals surface area contributed by atoms with Gasteiger partial charge in [-0.1, -0.05) is 15.9 Å². The second-order valence-corrected chi connectivity index (χ2v) is 5.99. The van der Waals surface area contributed by atoms with Crippen LogP contribution in [0.1, 0.15) is 29.8 Å². The van der Waals surface area contributed by atoms with E-state index < -0.39 is 0 Å². The van der Waals surface area contributed by atoms with Crippen LogP contribution in [0, 0.1) is 0 Å². The number of rotatable bonds is 6. The van der Waals surface area contributed by atoms with E-state index >= 15 is 0 Å². The van der Waals surface area contributed by atoms with Gasteiger partial charge in [-0.15, -0.1) is 0 Å². The third-order valence-corrected chi connectivity index (χ3v) is 3.74. The van der Waals surface area contributed by atoms with Crippen molar-refractivity contribution in [2.45, 2.75) is 13.8 Å². The SMILES string of the molecule is CCOc1ccc(Br)cc1C=CC(=O)Nc1ccc(C(C)=O)cc1. The van der Waals surface area contributed by atoms with Crippen LogP contribution in [0.15, 0.2) is 53.0 Å². The van der Waals surface area contributed by atoms with E-state index in [-0.39, 0.29) is 11.7 Å². The van der Waals surface area contributed by atoms with Crippen LogP contribution in [0.3, 0.4) is 0 Å². The topological polar surface area (TPSA) is 55.4 Å². The first-order chi connectivity index (χ1) is 11.5. The summed E-state index contributed by atoms with van der Waals surface area (Å²) in [6.45, 7) is 3.97. The molecule has 0 aliphatic rings. The number of hydrogen-bond acceptors (Lipinski definition) is 3. The summed E-state index contributed by atoms with van der Waals surface area (Å²) < 4.78 is 6.45. The Hall–Kier alpha value is -2.40. The molecule has 0 aromatic heterocycles. The molecule has 0 saturated heterocycles. The molecule has 24 heavy (non-hydrogen) atoms. The van der Waals surface area contributed by atoms with Crippen molar-refractivity contribution in [3.63, 3.8) is 0 Å². The van der Waals surface area contributed by atoms with Crippen LogP contribution in [0.5, 0.6) is 5.75 Å². The van der Waals surface area contributed by atoms with Gasteiger partial charge in [-0.2, -0.15) is 0 Å². The third kappa shape index (κ3) is 5.06. The Kier molecular flexibility index (Phi) is 6.32. The first-order valence-corrected chi connectivity index (χ1v) is 8.31. The lowest BCUT2D eigenvalue weighted by Gasteiger charge is -2.07. The number of ketones is 1. The predicted molar refractivity (Wildman–Crippen MR) is 99.4 cm³/mol. The summed E-state index contributed by atoms with van der Waals surface area (Å²) in [5.74, 6) is 0.453. The lowest BCUT2D eigenvalue weighted by molar-refractivity contribution is -0.111. The molecule has 2 aromatic carbocycles. The number of anilines is 1. The first kappa shape index (κ1) is 17.9. The molecular weight excluding hydrogens is 370 g/mol. The summed E-state index contributed by atoms with van der Waals surface area (Å²) in [6.07, 6.45) is 3.15. The van der Waals surface area contributed by atoms with E-state index in [2.05, 4.69) is 21.2 Å². The molecule has 1 N–H and O–H groups in total. The standard InChI is InChI=1S/C19H18BrNO3/c1-3-24-18-10-7-16(20)12-15(18)6-11-19(23)21-17-8-4-14(5-9-17)13(2)22/h4-12H,3H2,1-2H3,(H,21,23). The Morgan fingerprint density at radius 1 is 1.17 bits per heavy atom. The number of amides is 1. The Bertz CT molecular complexity index is 767. The number of ether oxygens (including phenoxy) is 1. The van der Waals surface area contributed by atoms with E-state index in [1.165, 1.54) is 13.0 Å². The van der Waals surface area contributed by atoms with Gasteiger partial charge in [-0.05, 0) is 62.4 Å². The normalized spacial score (nSPS) is 10.6. The molecule has 4 nitrogen and oxygen atoms in total. The number of benzene rings is 2. The Morgan fingerprint density at radius 2 is 1.88 bits per heavy atom. The number of Topliss-reactive ketones (excluding diaryl/α,β-unsaturated/α-hetero) is 1. The zero-order chi connectivity index (χ0) is 17.5. The minimum absolute atomic E-state index is 0.00844. The van der Waals surface area contributed by atoms with Crippen molar-refractivity contribution in [1.82, 2.24) is 0 Å². The molecule has 1 amide bonds. The number of nitrogens with one attached hydrogen (secondary N) is 1. The summed E-state index contributed by atoms with van der Waals surface area (Å²) in [5.41, 5.74) is 2.06. The van der Waals surface area contributed by atoms with Crippen molar-refractivity contribution in [2.24, 2.45) is 0 Å². The van der Waals surface area contributed by atoms with Crippen molar-refractivity contribution >= 4 is 39.4 Å². The fraction of sp³-hybridized carbons (Fsp3) is 0.158. The van der Waals surface area contributed by atoms with Gasteiger partial charge in [-0.3, -0.25) is 9.59 Å². The molecule has 2 aromatic rings. The Labute approximate surface area is 149 Å². The molecule has 0 atom stereocenters. The smallest absolute Gasteiger partial charge is 0.248 e. The Morgan fingerprint density at radius 3 is 2.50 bits per heavy atom. The highest BCUT2D eigenvalue weighted by atomic mass is 79.9. The lowest BCUT2D eigenvalue weighted by atomic mass is 10.1. The largest absolute Gasteiger partial charge is 0.493 e. The molecule has 0 fully saturated rings. The van der Waals surface area contributed by atoms with Crippen molar-refractivity contribution in [1.29, 1.82) is 0 Å². The molecule has 0 aliphatic heterocycles. The molecule has 0 unspecified atom stereocenters. The van der Waals surface area contributed by atoms with Crippen molar-refractivity contribution in [3.8, 4) is 5.75 Å². The van der Waals surface area contributed by atoms with Gasteiger partial charge < -0.3 is 10.1 Å². The molecule has 2 rings (SSSR count). The van der Waals surface area contributed by atoms with Gasteiger partial charge in [0.1, 0.15) is 5.75 Å². The van der Waals surface area contributed by atoms with Gasteiger partial charge in [0.25, 0.3) is 0 Å². The fourth-order valence-corrected chi connectivity index (χ4v) is 2.45. The number of carbonyl (C=O) groups is 2. The number of hydrogen-bond donors (Lipinski definition) is 1. The van der Waals surface area contributed by atoms with E-state index in [4.69, 9.17) is 4.74 Å². The number of carbonyl (C=O) groups excluding carboxylic acids is 2. The molecular formula is C19H18BrNO3. The van der Waals surface area contributed by atoms with Crippen LogP contribution < -0.4 is 10.1 Å². The van der Waals surface area contributed by atoms with Crippen molar-refractivity contribution < 1.29 is 14.3 Å². The first-order valence-electron chi connectivity index (χ1n) is 7.52. The average Bonchev–Trinajstić information content (AvgIpc) is 2.55. The molecule has 0 bridgehead atoms. The third-order valence-electron chi connectivity index (χ3n) is 3.24. The maximum absolute atomic E-state index is 12.0. The minimum Gasteiger partial charge on any atom is -0.493 e. The summed E-state index contributed by atoms with van der Waals surface area (Å²) in [6, 6.07) is 12.4.